The molecule has 1 aromatic rings. The molecule has 0 aliphatic rings. The van der Waals surface area contributed by atoms with Crippen LogP contribution >= 0.6 is 0 Å². The number of hydrogen-bond acceptors (Lipinski definition) is 3. The number of amides is 1. The molecule has 0 aliphatic heterocycles. The monoisotopic (exact) mass is 293 g/mol. The minimum absolute atomic E-state index is 0.0282. The molecule has 0 radical (unpaired) electrons. The summed E-state index contributed by atoms with van der Waals surface area (Å²) in [4.78, 5) is 11.9. The van der Waals surface area contributed by atoms with Gasteiger partial charge in [0.1, 0.15) is 0 Å². The van der Waals surface area contributed by atoms with Gasteiger partial charge in [0.2, 0.25) is 0 Å². The van der Waals surface area contributed by atoms with Crippen molar-refractivity contribution in [1.29, 1.82) is 0 Å². The molecular formula is C15H19NO3S. The summed E-state index contributed by atoms with van der Waals surface area (Å²) in [5.41, 5.74) is 2.30. The summed E-state index contributed by atoms with van der Waals surface area (Å²) in [6, 6.07) is 5.32. The minimum atomic E-state index is -0.913. The van der Waals surface area contributed by atoms with Crippen LogP contribution in [0.2, 0.25) is 0 Å². The van der Waals surface area contributed by atoms with E-state index in [1.165, 1.54) is 0 Å². The summed E-state index contributed by atoms with van der Waals surface area (Å²) in [7, 11) is -0.913. The average Bonchev–Trinajstić information content (AvgIpc) is 2.40. The maximum Gasteiger partial charge on any atom is 0.251 e. The lowest BCUT2D eigenvalue weighted by molar-refractivity contribution is 0.0956. The van der Waals surface area contributed by atoms with Crippen LogP contribution in [0.3, 0.4) is 0 Å². The second-order valence-corrected chi connectivity index (χ2v) is 5.89. The quantitative estimate of drug-likeness (QED) is 0.791. The van der Waals surface area contributed by atoms with E-state index in [0.29, 0.717) is 24.3 Å². The summed E-state index contributed by atoms with van der Waals surface area (Å²) >= 11 is 0. The van der Waals surface area contributed by atoms with E-state index in [1.807, 2.05) is 13.0 Å². The molecule has 0 aliphatic carbocycles. The Balaban J connectivity index is 2.76. The van der Waals surface area contributed by atoms with Gasteiger partial charge in [0.15, 0.2) is 0 Å². The normalized spacial score (nSPS) is 11.3. The van der Waals surface area contributed by atoms with Gasteiger partial charge in [0.05, 0.1) is 6.61 Å². The Morgan fingerprint density at radius 1 is 1.45 bits per heavy atom. The standard InChI is InChI=1S/C15H19NO3S/c1-12-6-7-14(11-13(12)5-3-4-9-17)15(18)16-8-10-20(2)19/h6-7,11,17H,4,8-10H2,1-2H3,(H,16,18). The highest BCUT2D eigenvalue weighted by Crippen LogP contribution is 2.10. The van der Waals surface area contributed by atoms with E-state index in [0.717, 1.165) is 11.1 Å². The summed E-state index contributed by atoms with van der Waals surface area (Å²) in [5.74, 6) is 6.04. The maximum atomic E-state index is 11.9. The minimum Gasteiger partial charge on any atom is -0.395 e. The molecule has 2 N–H and O–H groups in total. The largest absolute Gasteiger partial charge is 0.395 e. The lowest BCUT2D eigenvalue weighted by atomic mass is 10.0. The predicted octanol–water partition coefficient (Wildman–Crippen LogP) is 0.837. The summed E-state index contributed by atoms with van der Waals surface area (Å²) in [6.07, 6.45) is 2.02. The molecule has 4 nitrogen and oxygen atoms in total. The molecule has 0 bridgehead atoms. The molecule has 0 saturated heterocycles. The van der Waals surface area contributed by atoms with Gasteiger partial charge in [-0.3, -0.25) is 9.00 Å². The lowest BCUT2D eigenvalue weighted by Crippen LogP contribution is -2.27. The SMILES string of the molecule is Cc1ccc(C(=O)NCCS(C)=O)cc1C#CCCO. The summed E-state index contributed by atoms with van der Waals surface area (Å²) < 4.78 is 10.9. The Morgan fingerprint density at radius 3 is 2.85 bits per heavy atom. The van der Waals surface area contributed by atoms with Gasteiger partial charge in [0, 0.05) is 46.9 Å². The van der Waals surface area contributed by atoms with Gasteiger partial charge in [-0.15, -0.1) is 0 Å². The number of aliphatic hydroxyl groups is 1. The van der Waals surface area contributed by atoms with E-state index >= 15 is 0 Å². The highest BCUT2D eigenvalue weighted by molar-refractivity contribution is 7.84. The molecule has 1 amide bonds. The average molecular weight is 293 g/mol. The first-order valence-electron chi connectivity index (χ1n) is 6.33. The van der Waals surface area contributed by atoms with E-state index in [1.54, 1.807) is 18.4 Å². The van der Waals surface area contributed by atoms with Gasteiger partial charge in [-0.25, -0.2) is 0 Å². The Hall–Kier alpha value is -1.64. The van der Waals surface area contributed by atoms with Crippen LogP contribution in [0.4, 0.5) is 0 Å². The van der Waals surface area contributed by atoms with Gasteiger partial charge in [-0.2, -0.15) is 0 Å². The molecule has 1 aromatic carbocycles. The molecule has 0 aromatic heterocycles. The van der Waals surface area contributed by atoms with Crippen molar-refractivity contribution in [3.05, 3.63) is 34.9 Å². The van der Waals surface area contributed by atoms with Crippen molar-refractivity contribution in [3.8, 4) is 11.8 Å². The zero-order valence-electron chi connectivity index (χ0n) is 11.7. The highest BCUT2D eigenvalue weighted by atomic mass is 32.2. The molecule has 5 heteroatoms. The number of carbonyl (C=O) groups is 1. The van der Waals surface area contributed by atoms with Crippen molar-refractivity contribution in [2.24, 2.45) is 0 Å². The summed E-state index contributed by atoms with van der Waals surface area (Å²) in [6.45, 7) is 2.34. The van der Waals surface area contributed by atoms with Crippen molar-refractivity contribution in [2.75, 3.05) is 25.2 Å². The van der Waals surface area contributed by atoms with Crippen molar-refractivity contribution >= 4 is 16.7 Å². The number of hydrogen-bond donors (Lipinski definition) is 2. The Morgan fingerprint density at radius 2 is 2.20 bits per heavy atom. The van der Waals surface area contributed by atoms with Crippen molar-refractivity contribution in [1.82, 2.24) is 5.32 Å². The van der Waals surface area contributed by atoms with E-state index in [4.69, 9.17) is 5.11 Å². The molecule has 0 fully saturated rings. The first-order valence-corrected chi connectivity index (χ1v) is 8.06. The Labute approximate surface area is 122 Å². The predicted molar refractivity (Wildman–Crippen MR) is 81.0 cm³/mol. The van der Waals surface area contributed by atoms with E-state index in [9.17, 15) is 9.00 Å². The topological polar surface area (TPSA) is 66.4 Å². The van der Waals surface area contributed by atoms with Crippen LogP contribution < -0.4 is 5.32 Å². The third-order valence-corrected chi connectivity index (χ3v) is 3.41. The second-order valence-electron chi connectivity index (χ2n) is 4.34. The number of nitrogens with one attached hydrogen (secondary N) is 1. The molecule has 1 unspecified atom stereocenters. The van der Waals surface area contributed by atoms with Crippen LogP contribution in [-0.2, 0) is 10.8 Å². The van der Waals surface area contributed by atoms with Crippen LogP contribution in [0, 0.1) is 18.8 Å². The zero-order valence-corrected chi connectivity index (χ0v) is 12.5. The van der Waals surface area contributed by atoms with Gasteiger partial charge < -0.3 is 10.4 Å². The molecule has 1 atom stereocenters. The number of benzene rings is 1. The van der Waals surface area contributed by atoms with E-state index in [2.05, 4.69) is 17.2 Å². The number of aliphatic hydroxyl groups excluding tert-OH is 1. The third-order valence-electron chi connectivity index (χ3n) is 2.63. The Kier molecular flexibility index (Phi) is 6.99. The molecule has 20 heavy (non-hydrogen) atoms. The van der Waals surface area contributed by atoms with Gasteiger partial charge in [-0.1, -0.05) is 17.9 Å². The highest BCUT2D eigenvalue weighted by Gasteiger charge is 2.07. The number of carbonyl (C=O) groups excluding carboxylic acids is 1. The third kappa shape index (κ3) is 5.55. The van der Waals surface area contributed by atoms with Crippen LogP contribution in [-0.4, -0.2) is 40.4 Å². The van der Waals surface area contributed by atoms with Crippen LogP contribution in [0.15, 0.2) is 18.2 Å². The van der Waals surface area contributed by atoms with Crippen molar-refractivity contribution in [2.45, 2.75) is 13.3 Å². The zero-order chi connectivity index (χ0) is 15.0. The fourth-order valence-electron chi connectivity index (χ4n) is 1.52. The molecule has 0 spiro atoms. The van der Waals surface area contributed by atoms with Crippen LogP contribution in [0.25, 0.3) is 0 Å². The maximum absolute atomic E-state index is 11.9. The van der Waals surface area contributed by atoms with Gasteiger partial charge in [-0.05, 0) is 24.6 Å². The van der Waals surface area contributed by atoms with Crippen LogP contribution in [0.5, 0.6) is 0 Å². The van der Waals surface area contributed by atoms with Crippen molar-refractivity contribution < 1.29 is 14.1 Å². The Bertz CT molecular complexity index is 558. The smallest absolute Gasteiger partial charge is 0.251 e. The molecular weight excluding hydrogens is 274 g/mol. The number of aryl methyl sites for hydroxylation is 1. The second kappa shape index (κ2) is 8.51. The lowest BCUT2D eigenvalue weighted by Gasteiger charge is -2.06. The fourth-order valence-corrected chi connectivity index (χ4v) is 1.91. The molecule has 0 heterocycles. The van der Waals surface area contributed by atoms with Gasteiger partial charge in [0.25, 0.3) is 5.91 Å². The molecule has 1 rings (SSSR count). The van der Waals surface area contributed by atoms with E-state index in [-0.39, 0.29) is 12.5 Å². The van der Waals surface area contributed by atoms with E-state index < -0.39 is 10.8 Å². The first kappa shape index (κ1) is 16.4. The first-order chi connectivity index (χ1) is 9.54. The number of rotatable bonds is 5. The summed E-state index contributed by atoms with van der Waals surface area (Å²) in [5, 5.41) is 11.4. The fraction of sp³-hybridized carbons (Fsp3) is 0.400. The van der Waals surface area contributed by atoms with Crippen LogP contribution in [0.1, 0.15) is 27.9 Å². The molecule has 0 saturated carbocycles. The molecule has 108 valence electrons. The van der Waals surface area contributed by atoms with Crippen molar-refractivity contribution in [3.63, 3.8) is 0 Å². The van der Waals surface area contributed by atoms with Gasteiger partial charge >= 0.3 is 0 Å².